The van der Waals surface area contributed by atoms with Crippen LogP contribution >= 0.6 is 15.9 Å². The van der Waals surface area contributed by atoms with E-state index < -0.39 is 6.04 Å². The topological polar surface area (TPSA) is 55.0 Å². The molecule has 0 saturated heterocycles. The van der Waals surface area contributed by atoms with Gasteiger partial charge in [0.25, 0.3) is 5.91 Å². The summed E-state index contributed by atoms with van der Waals surface area (Å²) in [4.78, 5) is 30.1. The molecule has 1 aliphatic rings. The summed E-state index contributed by atoms with van der Waals surface area (Å²) >= 11 is 3.52. The number of halogens is 1. The van der Waals surface area contributed by atoms with Crippen LogP contribution in [0.25, 0.3) is 11.0 Å². The first-order chi connectivity index (χ1) is 14.5. The molecule has 3 aromatic rings. The third-order valence-electron chi connectivity index (χ3n) is 5.97. The minimum absolute atomic E-state index is 0.123. The molecule has 0 bridgehead atoms. The van der Waals surface area contributed by atoms with Crippen molar-refractivity contribution in [3.63, 3.8) is 0 Å². The fourth-order valence-corrected chi connectivity index (χ4v) is 4.74. The fourth-order valence-electron chi connectivity index (χ4n) is 4.32. The van der Waals surface area contributed by atoms with Gasteiger partial charge in [0.15, 0.2) is 5.43 Å². The fraction of sp³-hybridized carbons (Fsp3) is 0.333. The monoisotopic (exact) mass is 469 g/mol. The number of carbonyl (C=O) groups is 1. The number of carbonyl (C=O) groups excluding carboxylic acids is 1. The molecule has 4 rings (SSSR count). The van der Waals surface area contributed by atoms with E-state index in [1.165, 1.54) is 4.90 Å². The maximum atomic E-state index is 13.4. The van der Waals surface area contributed by atoms with Crippen molar-refractivity contribution in [1.29, 1.82) is 0 Å². The molecular weight excluding hydrogens is 444 g/mol. The summed E-state index contributed by atoms with van der Waals surface area (Å²) in [6.45, 7) is 8.04. The van der Waals surface area contributed by atoms with Crippen molar-refractivity contribution in [2.75, 3.05) is 26.2 Å². The van der Waals surface area contributed by atoms with Crippen molar-refractivity contribution in [3.8, 4) is 0 Å². The zero-order valence-corrected chi connectivity index (χ0v) is 18.9. The zero-order valence-electron chi connectivity index (χ0n) is 17.3. The summed E-state index contributed by atoms with van der Waals surface area (Å²) in [5.41, 5.74) is 1.69. The lowest BCUT2D eigenvalue weighted by Crippen LogP contribution is -3.11. The molecule has 156 valence electrons. The van der Waals surface area contributed by atoms with E-state index in [0.29, 0.717) is 23.1 Å². The number of nitrogens with one attached hydrogen (secondary N) is 1. The Morgan fingerprint density at radius 1 is 1.07 bits per heavy atom. The van der Waals surface area contributed by atoms with E-state index in [-0.39, 0.29) is 17.1 Å². The van der Waals surface area contributed by atoms with Gasteiger partial charge >= 0.3 is 0 Å². The van der Waals surface area contributed by atoms with Crippen molar-refractivity contribution in [2.45, 2.75) is 26.3 Å². The molecule has 2 aromatic carbocycles. The number of nitrogens with zero attached hydrogens (tertiary/aromatic N) is 1. The summed E-state index contributed by atoms with van der Waals surface area (Å²) in [6, 6.07) is 14.5. The van der Waals surface area contributed by atoms with Gasteiger partial charge in [0.2, 0.25) is 5.76 Å². The number of amides is 1. The molecule has 0 radical (unpaired) electrons. The van der Waals surface area contributed by atoms with Crippen molar-refractivity contribution in [1.82, 2.24) is 4.90 Å². The lowest BCUT2D eigenvalue weighted by molar-refractivity contribution is -0.896. The Bertz CT molecular complexity index is 1140. The van der Waals surface area contributed by atoms with Gasteiger partial charge in [-0.3, -0.25) is 9.59 Å². The maximum Gasteiger partial charge on any atom is 0.290 e. The number of para-hydroxylation sites is 1. The molecule has 5 nitrogen and oxygen atoms in total. The van der Waals surface area contributed by atoms with Crippen LogP contribution in [0.2, 0.25) is 0 Å². The average molecular weight is 470 g/mol. The first-order valence-electron chi connectivity index (χ1n) is 10.5. The number of fused-ring (bicyclic) bond motifs is 2. The molecule has 0 aliphatic carbocycles. The van der Waals surface area contributed by atoms with Gasteiger partial charge < -0.3 is 14.2 Å². The maximum absolute atomic E-state index is 13.4. The summed E-state index contributed by atoms with van der Waals surface area (Å²) in [5.74, 6) is -0.0220. The standard InChI is InChI=1S/C24H25BrN2O3/c1-3-26(4-2)13-8-14-27-21(16-9-7-10-17(25)15-16)20-22(28)18-11-5-6-12-19(18)30-23(20)24(27)29/h5-7,9-12,15,21H,3-4,8,13-14H2,1-2H3/p+1/t21-/m0/s1. The number of benzene rings is 2. The van der Waals surface area contributed by atoms with E-state index in [2.05, 4.69) is 29.8 Å². The van der Waals surface area contributed by atoms with Crippen LogP contribution in [-0.4, -0.2) is 37.0 Å². The van der Waals surface area contributed by atoms with Gasteiger partial charge in [-0.05, 0) is 43.7 Å². The lowest BCUT2D eigenvalue weighted by Gasteiger charge is -2.26. The number of hydrogen-bond donors (Lipinski definition) is 1. The molecule has 1 amide bonds. The minimum Gasteiger partial charge on any atom is -0.450 e. The summed E-state index contributed by atoms with van der Waals surface area (Å²) in [6.07, 6.45) is 0.870. The quantitative estimate of drug-likeness (QED) is 0.576. The van der Waals surface area contributed by atoms with Crippen LogP contribution in [0.4, 0.5) is 0 Å². The predicted molar refractivity (Wildman–Crippen MR) is 121 cm³/mol. The molecule has 1 aliphatic heterocycles. The van der Waals surface area contributed by atoms with E-state index in [4.69, 9.17) is 4.42 Å². The molecule has 0 spiro atoms. The van der Waals surface area contributed by atoms with E-state index in [1.807, 2.05) is 36.4 Å². The number of hydrogen-bond acceptors (Lipinski definition) is 3. The molecule has 0 fully saturated rings. The van der Waals surface area contributed by atoms with Gasteiger partial charge in [0.05, 0.1) is 36.6 Å². The highest BCUT2D eigenvalue weighted by Crippen LogP contribution is 2.38. The van der Waals surface area contributed by atoms with Crippen LogP contribution in [0.15, 0.2) is 62.2 Å². The third-order valence-corrected chi connectivity index (χ3v) is 6.46. The minimum atomic E-state index is -0.433. The van der Waals surface area contributed by atoms with Gasteiger partial charge in [-0.1, -0.05) is 40.2 Å². The van der Waals surface area contributed by atoms with Gasteiger partial charge in [0.1, 0.15) is 5.58 Å². The Balaban J connectivity index is 1.79. The SMILES string of the molecule is CC[NH+](CC)CCCN1C(=O)c2oc3ccccc3c(=O)c2[C@@H]1c1cccc(Br)c1. The van der Waals surface area contributed by atoms with Gasteiger partial charge in [-0.15, -0.1) is 0 Å². The van der Waals surface area contributed by atoms with Gasteiger partial charge in [-0.25, -0.2) is 0 Å². The molecule has 0 saturated carbocycles. The first-order valence-corrected chi connectivity index (χ1v) is 11.3. The van der Waals surface area contributed by atoms with Crippen molar-refractivity contribution < 1.29 is 14.1 Å². The summed E-state index contributed by atoms with van der Waals surface area (Å²) in [5, 5.41) is 0.512. The molecule has 1 N–H and O–H groups in total. The largest absolute Gasteiger partial charge is 0.450 e. The van der Waals surface area contributed by atoms with Gasteiger partial charge in [0, 0.05) is 17.4 Å². The number of quaternary nitrogens is 1. The highest BCUT2D eigenvalue weighted by atomic mass is 79.9. The Hall–Kier alpha value is -2.44. The lowest BCUT2D eigenvalue weighted by atomic mass is 9.98. The van der Waals surface area contributed by atoms with E-state index in [1.54, 1.807) is 17.0 Å². The summed E-state index contributed by atoms with van der Waals surface area (Å²) < 4.78 is 6.89. The highest BCUT2D eigenvalue weighted by molar-refractivity contribution is 9.10. The van der Waals surface area contributed by atoms with Crippen molar-refractivity contribution in [2.24, 2.45) is 0 Å². The van der Waals surface area contributed by atoms with Crippen LogP contribution < -0.4 is 10.3 Å². The molecule has 30 heavy (non-hydrogen) atoms. The first kappa shape index (κ1) is 20.8. The molecular formula is C24H26BrN2O3+. The van der Waals surface area contributed by atoms with Crippen LogP contribution in [0, 0.1) is 0 Å². The summed E-state index contributed by atoms with van der Waals surface area (Å²) in [7, 11) is 0. The molecule has 1 aromatic heterocycles. The second kappa shape index (κ2) is 8.74. The van der Waals surface area contributed by atoms with Gasteiger partial charge in [-0.2, -0.15) is 0 Å². The smallest absolute Gasteiger partial charge is 0.290 e. The average Bonchev–Trinajstić information content (AvgIpc) is 3.03. The number of rotatable bonds is 7. The Morgan fingerprint density at radius 2 is 1.83 bits per heavy atom. The third kappa shape index (κ3) is 3.70. The molecule has 6 heteroatoms. The van der Waals surface area contributed by atoms with Crippen LogP contribution in [0.5, 0.6) is 0 Å². The second-order valence-electron chi connectivity index (χ2n) is 7.69. The van der Waals surface area contributed by atoms with Crippen molar-refractivity contribution in [3.05, 3.63) is 80.1 Å². The molecule has 0 unspecified atom stereocenters. The van der Waals surface area contributed by atoms with Crippen LogP contribution in [-0.2, 0) is 0 Å². The van der Waals surface area contributed by atoms with Crippen LogP contribution in [0.1, 0.15) is 48.0 Å². The van der Waals surface area contributed by atoms with Crippen LogP contribution in [0.3, 0.4) is 0 Å². The Labute approximate surface area is 184 Å². The predicted octanol–water partition coefficient (Wildman–Crippen LogP) is 3.42. The van der Waals surface area contributed by atoms with E-state index in [0.717, 1.165) is 36.1 Å². The molecule has 1 atom stereocenters. The Kier molecular flexibility index (Phi) is 6.06. The molecule has 2 heterocycles. The Morgan fingerprint density at radius 3 is 2.57 bits per heavy atom. The van der Waals surface area contributed by atoms with E-state index in [9.17, 15) is 9.59 Å². The normalized spacial score (nSPS) is 15.9. The highest BCUT2D eigenvalue weighted by Gasteiger charge is 2.42. The van der Waals surface area contributed by atoms with Crippen molar-refractivity contribution >= 4 is 32.8 Å². The van der Waals surface area contributed by atoms with E-state index >= 15 is 0 Å². The zero-order chi connectivity index (χ0) is 21.3. The second-order valence-corrected chi connectivity index (χ2v) is 8.60.